The molecule has 0 saturated carbocycles. The maximum atomic E-state index is 13.7. The molecular formula is C28H31N3O5S. The molecule has 0 bridgehead atoms. The fourth-order valence-electron chi connectivity index (χ4n) is 4.25. The van der Waals surface area contributed by atoms with E-state index in [0.717, 1.165) is 28.0 Å². The van der Waals surface area contributed by atoms with Gasteiger partial charge in [0.2, 0.25) is 5.91 Å². The fraction of sp³-hybridized carbons (Fsp3) is 0.286. The molecule has 0 fully saturated rings. The number of rotatable bonds is 10. The Kier molecular flexibility index (Phi) is 7.83. The summed E-state index contributed by atoms with van der Waals surface area (Å²) in [7, 11) is -3.84. The number of fused-ring (bicyclic) bond motifs is 1. The van der Waals surface area contributed by atoms with Gasteiger partial charge < -0.3 is 14.8 Å². The van der Waals surface area contributed by atoms with Gasteiger partial charge in [0.1, 0.15) is 24.7 Å². The lowest BCUT2D eigenvalue weighted by molar-refractivity contribution is -0.118. The van der Waals surface area contributed by atoms with Crippen molar-refractivity contribution in [1.29, 1.82) is 0 Å². The van der Waals surface area contributed by atoms with E-state index in [1.165, 1.54) is 10.9 Å². The minimum atomic E-state index is -3.84. The molecule has 0 unspecified atom stereocenters. The molecule has 0 saturated heterocycles. The molecule has 0 aliphatic rings. The van der Waals surface area contributed by atoms with E-state index in [4.69, 9.17) is 9.47 Å². The summed E-state index contributed by atoms with van der Waals surface area (Å²) in [4.78, 5) is 15.8. The van der Waals surface area contributed by atoms with Gasteiger partial charge in [-0.05, 0) is 69.2 Å². The minimum Gasteiger partial charge on any atom is -0.490 e. The molecule has 8 nitrogen and oxygen atoms in total. The monoisotopic (exact) mass is 521 g/mol. The average molecular weight is 522 g/mol. The highest BCUT2D eigenvalue weighted by molar-refractivity contribution is 7.90. The van der Waals surface area contributed by atoms with Crippen LogP contribution >= 0.6 is 0 Å². The third-order valence-electron chi connectivity index (χ3n) is 6.05. The maximum absolute atomic E-state index is 13.7. The second-order valence-corrected chi connectivity index (χ2v) is 10.7. The van der Waals surface area contributed by atoms with E-state index in [9.17, 15) is 13.2 Å². The molecule has 194 valence electrons. The van der Waals surface area contributed by atoms with Crippen molar-refractivity contribution in [2.75, 3.05) is 19.8 Å². The Morgan fingerprint density at radius 3 is 2.27 bits per heavy atom. The van der Waals surface area contributed by atoms with Gasteiger partial charge in [-0.1, -0.05) is 17.7 Å². The maximum Gasteiger partial charge on any atom is 0.268 e. The normalized spacial score (nSPS) is 11.5. The first-order chi connectivity index (χ1) is 17.7. The first kappa shape index (κ1) is 26.2. The van der Waals surface area contributed by atoms with Gasteiger partial charge in [0.15, 0.2) is 0 Å². The summed E-state index contributed by atoms with van der Waals surface area (Å²) in [5.74, 6) is 1.19. The van der Waals surface area contributed by atoms with Crippen LogP contribution < -0.4 is 14.8 Å². The number of benzene rings is 2. The van der Waals surface area contributed by atoms with E-state index in [-0.39, 0.29) is 10.8 Å². The number of nitrogens with one attached hydrogen (secondary N) is 1. The zero-order chi connectivity index (χ0) is 26.6. The molecule has 2 heterocycles. The number of amides is 1. The number of carbonyl (C=O) groups excluding carboxylic acids is 1. The summed E-state index contributed by atoms with van der Waals surface area (Å²) in [6.45, 7) is 8.12. The molecule has 4 rings (SSSR count). The van der Waals surface area contributed by atoms with Gasteiger partial charge in [-0.25, -0.2) is 12.4 Å². The highest BCUT2D eigenvalue weighted by atomic mass is 32.2. The van der Waals surface area contributed by atoms with Crippen molar-refractivity contribution in [2.45, 2.75) is 39.0 Å². The van der Waals surface area contributed by atoms with Gasteiger partial charge in [0.25, 0.3) is 10.0 Å². The van der Waals surface area contributed by atoms with Gasteiger partial charge in [-0.2, -0.15) is 0 Å². The number of aryl methyl sites for hydroxylation is 2. The largest absolute Gasteiger partial charge is 0.490 e. The summed E-state index contributed by atoms with van der Waals surface area (Å²) in [5.41, 5.74) is 3.86. The Balaban J connectivity index is 1.64. The fourth-order valence-corrected chi connectivity index (χ4v) is 5.83. The molecule has 1 amide bonds. The Morgan fingerprint density at radius 2 is 1.62 bits per heavy atom. The van der Waals surface area contributed by atoms with Crippen LogP contribution in [0.2, 0.25) is 0 Å². The average Bonchev–Trinajstić information content (AvgIpc) is 3.13. The van der Waals surface area contributed by atoms with E-state index in [0.29, 0.717) is 43.1 Å². The van der Waals surface area contributed by atoms with Crippen molar-refractivity contribution in [3.8, 4) is 11.5 Å². The molecule has 9 heteroatoms. The van der Waals surface area contributed by atoms with Crippen molar-refractivity contribution >= 4 is 26.8 Å². The Morgan fingerprint density at radius 1 is 0.946 bits per heavy atom. The third kappa shape index (κ3) is 5.94. The Hall–Kier alpha value is -3.85. The number of ether oxygens (including phenoxy) is 2. The Labute approximate surface area is 217 Å². The van der Waals surface area contributed by atoms with Crippen LogP contribution in [0.5, 0.6) is 11.5 Å². The van der Waals surface area contributed by atoms with Gasteiger partial charge >= 0.3 is 0 Å². The van der Waals surface area contributed by atoms with Crippen LogP contribution in [0.3, 0.4) is 0 Å². The second-order valence-electron chi connectivity index (χ2n) is 8.89. The van der Waals surface area contributed by atoms with E-state index in [2.05, 4.69) is 10.3 Å². The number of aromatic nitrogens is 2. The molecule has 0 aliphatic heterocycles. The van der Waals surface area contributed by atoms with Crippen LogP contribution in [0, 0.1) is 20.8 Å². The minimum absolute atomic E-state index is 0.137. The van der Waals surface area contributed by atoms with Gasteiger partial charge in [0, 0.05) is 42.5 Å². The van der Waals surface area contributed by atoms with Gasteiger partial charge in [0.05, 0.1) is 10.4 Å². The number of nitrogens with zero attached hydrogens (tertiary/aromatic N) is 2. The van der Waals surface area contributed by atoms with Crippen molar-refractivity contribution in [1.82, 2.24) is 14.3 Å². The van der Waals surface area contributed by atoms with Crippen LogP contribution in [0.25, 0.3) is 10.9 Å². The molecule has 0 radical (unpaired) electrons. The standard InChI is InChI=1S/C28H31N3O5S/c1-19-5-8-25(9-6-19)37(33,34)31-21(3)26(12-14-30-22(4)32)27-18-23(7-10-28(27)31)35-15-16-36-24-11-13-29-20(2)17-24/h5-11,13,17-18H,12,14-16H2,1-4H3,(H,30,32). The molecule has 2 aromatic heterocycles. The predicted molar refractivity (Wildman–Crippen MR) is 143 cm³/mol. The topological polar surface area (TPSA) is 99.5 Å². The number of carbonyl (C=O) groups is 1. The first-order valence-corrected chi connectivity index (χ1v) is 13.5. The van der Waals surface area contributed by atoms with Crippen molar-refractivity contribution in [2.24, 2.45) is 0 Å². The molecule has 0 atom stereocenters. The lowest BCUT2D eigenvalue weighted by atomic mass is 10.1. The zero-order valence-corrected chi connectivity index (χ0v) is 22.3. The predicted octanol–water partition coefficient (Wildman–Crippen LogP) is 4.33. The summed E-state index contributed by atoms with van der Waals surface area (Å²) in [6.07, 6.45) is 2.17. The lowest BCUT2D eigenvalue weighted by Crippen LogP contribution is -2.22. The lowest BCUT2D eigenvalue weighted by Gasteiger charge is -2.11. The van der Waals surface area contributed by atoms with E-state index >= 15 is 0 Å². The first-order valence-electron chi connectivity index (χ1n) is 12.1. The van der Waals surface area contributed by atoms with E-state index in [1.807, 2.05) is 26.0 Å². The Bertz CT molecular complexity index is 1530. The molecule has 1 N–H and O–H groups in total. The summed E-state index contributed by atoms with van der Waals surface area (Å²) >= 11 is 0. The molecule has 0 aliphatic carbocycles. The number of hydrogen-bond acceptors (Lipinski definition) is 6. The van der Waals surface area contributed by atoms with Crippen LogP contribution in [0.1, 0.15) is 29.4 Å². The summed E-state index contributed by atoms with van der Waals surface area (Å²) in [6, 6.07) is 15.8. The molecule has 37 heavy (non-hydrogen) atoms. The number of hydrogen-bond donors (Lipinski definition) is 1. The van der Waals surface area contributed by atoms with Crippen molar-refractivity contribution in [3.63, 3.8) is 0 Å². The van der Waals surface area contributed by atoms with Crippen molar-refractivity contribution < 1.29 is 22.7 Å². The highest BCUT2D eigenvalue weighted by Crippen LogP contribution is 2.33. The summed E-state index contributed by atoms with van der Waals surface area (Å²) in [5, 5.41) is 3.56. The molecule has 0 spiro atoms. The van der Waals surface area contributed by atoms with Crippen LogP contribution in [-0.4, -0.2) is 43.0 Å². The molecule has 4 aromatic rings. The second kappa shape index (κ2) is 11.0. The molecule has 2 aromatic carbocycles. The highest BCUT2D eigenvalue weighted by Gasteiger charge is 2.25. The van der Waals surface area contributed by atoms with Crippen LogP contribution in [0.4, 0.5) is 0 Å². The van der Waals surface area contributed by atoms with Crippen molar-refractivity contribution in [3.05, 3.63) is 83.3 Å². The number of pyridine rings is 1. The SMILES string of the molecule is CC(=O)NCCc1c(C)n(S(=O)(=O)c2ccc(C)cc2)c2ccc(OCCOc3ccnc(C)c3)cc12. The molecular weight excluding hydrogens is 490 g/mol. The van der Waals surface area contributed by atoms with E-state index in [1.54, 1.807) is 55.6 Å². The van der Waals surface area contributed by atoms with Crippen LogP contribution in [-0.2, 0) is 21.2 Å². The van der Waals surface area contributed by atoms with E-state index < -0.39 is 10.0 Å². The quantitative estimate of drug-likeness (QED) is 0.312. The summed E-state index contributed by atoms with van der Waals surface area (Å²) < 4.78 is 40.4. The third-order valence-corrected chi connectivity index (χ3v) is 7.87. The van der Waals surface area contributed by atoms with Gasteiger partial charge in [-0.3, -0.25) is 9.78 Å². The smallest absolute Gasteiger partial charge is 0.268 e. The zero-order valence-electron chi connectivity index (χ0n) is 21.4. The van der Waals surface area contributed by atoms with Gasteiger partial charge in [-0.15, -0.1) is 0 Å². The van der Waals surface area contributed by atoms with Crippen LogP contribution in [0.15, 0.2) is 65.7 Å².